The second-order valence-electron chi connectivity index (χ2n) is 7.61. The van der Waals surface area contributed by atoms with E-state index in [1.807, 2.05) is 13.0 Å². The lowest BCUT2D eigenvalue weighted by Gasteiger charge is -2.53. The first-order chi connectivity index (χ1) is 10.3. The van der Waals surface area contributed by atoms with Gasteiger partial charge in [-0.05, 0) is 69.6 Å². The average molecular weight is 302 g/mol. The Morgan fingerprint density at radius 3 is 2.73 bits per heavy atom. The maximum Gasteiger partial charge on any atom is 0.309 e. The Labute approximate surface area is 135 Å². The number of fused-ring (bicyclic) bond motifs is 1. The van der Waals surface area contributed by atoms with E-state index in [0.29, 0.717) is 17.8 Å². The normalized spacial score (nSPS) is 39.2. The van der Waals surface area contributed by atoms with Crippen LogP contribution in [0.25, 0.3) is 0 Å². The summed E-state index contributed by atoms with van der Waals surface area (Å²) in [6.07, 6.45) is 8.88. The fraction of sp³-hybridized carbons (Fsp3) is 0.650. The van der Waals surface area contributed by atoms with Gasteiger partial charge in [0, 0.05) is 0 Å². The van der Waals surface area contributed by atoms with Gasteiger partial charge in [0.15, 0.2) is 0 Å². The molecule has 4 unspecified atom stereocenters. The van der Waals surface area contributed by atoms with E-state index in [9.17, 15) is 9.90 Å². The van der Waals surface area contributed by atoms with Gasteiger partial charge in [-0.2, -0.15) is 0 Å². The summed E-state index contributed by atoms with van der Waals surface area (Å²) in [7, 11) is 0. The maximum absolute atomic E-state index is 11.9. The van der Waals surface area contributed by atoms with Crippen molar-refractivity contribution in [2.45, 2.75) is 52.9 Å². The predicted molar refractivity (Wildman–Crippen MR) is 91.6 cm³/mol. The Balaban J connectivity index is 2.32. The van der Waals surface area contributed by atoms with Crippen LogP contribution in [0.15, 0.2) is 36.5 Å². The minimum atomic E-state index is -0.613. The van der Waals surface area contributed by atoms with Crippen molar-refractivity contribution >= 4 is 5.97 Å². The van der Waals surface area contributed by atoms with Gasteiger partial charge in [-0.1, -0.05) is 43.4 Å². The van der Waals surface area contributed by atoms with Crippen molar-refractivity contribution in [3.8, 4) is 0 Å². The molecule has 0 bridgehead atoms. The third-order valence-electron chi connectivity index (χ3n) is 6.33. The zero-order valence-corrected chi connectivity index (χ0v) is 14.3. The monoisotopic (exact) mass is 302 g/mol. The molecule has 0 aliphatic heterocycles. The molecule has 2 aliphatic carbocycles. The van der Waals surface area contributed by atoms with Crippen LogP contribution in [0, 0.1) is 29.1 Å². The Hall–Kier alpha value is -1.31. The minimum Gasteiger partial charge on any atom is -0.481 e. The Morgan fingerprint density at radius 1 is 1.45 bits per heavy atom. The van der Waals surface area contributed by atoms with Gasteiger partial charge >= 0.3 is 5.97 Å². The van der Waals surface area contributed by atoms with Gasteiger partial charge in [-0.3, -0.25) is 4.79 Å². The summed E-state index contributed by atoms with van der Waals surface area (Å²) >= 11 is 0. The molecule has 0 aromatic rings. The molecule has 2 heteroatoms. The molecular weight excluding hydrogens is 272 g/mol. The van der Waals surface area contributed by atoms with E-state index in [0.717, 1.165) is 32.1 Å². The molecule has 22 heavy (non-hydrogen) atoms. The molecule has 0 radical (unpaired) electrons. The highest BCUT2D eigenvalue weighted by molar-refractivity contribution is 5.75. The summed E-state index contributed by atoms with van der Waals surface area (Å²) in [5.74, 6) is 1.12. The summed E-state index contributed by atoms with van der Waals surface area (Å²) in [5, 5.41) is 9.78. The van der Waals surface area contributed by atoms with Crippen LogP contribution < -0.4 is 0 Å². The number of hydrogen-bond acceptors (Lipinski definition) is 1. The fourth-order valence-corrected chi connectivity index (χ4v) is 4.70. The lowest BCUT2D eigenvalue weighted by molar-refractivity contribution is -0.160. The van der Waals surface area contributed by atoms with E-state index >= 15 is 0 Å². The second kappa shape index (κ2) is 6.44. The Kier molecular flexibility index (Phi) is 4.99. The first-order valence-corrected chi connectivity index (χ1v) is 8.51. The molecule has 2 nitrogen and oxygen atoms in total. The standard InChI is InChI=1S/C20H30O2/c1-6-13(2)7-9-16-14(3)8-10-17-18(16)15(4)11-12-20(17,5)19(21)22/h6-7,15-18H,1,3,8-12H2,2,4-5H3,(H,21,22)/b13-7+/t15-,16?,17?,18?,20?/m0/s1. The maximum atomic E-state index is 11.9. The molecule has 1 N–H and O–H groups in total. The summed E-state index contributed by atoms with van der Waals surface area (Å²) in [5.41, 5.74) is 1.95. The number of carboxylic acids is 1. The van der Waals surface area contributed by atoms with Gasteiger partial charge in [-0.15, -0.1) is 0 Å². The highest BCUT2D eigenvalue weighted by Gasteiger charge is 2.53. The molecule has 0 aromatic heterocycles. The number of aliphatic carboxylic acids is 1. The van der Waals surface area contributed by atoms with Crippen molar-refractivity contribution < 1.29 is 9.90 Å². The van der Waals surface area contributed by atoms with Gasteiger partial charge in [0.1, 0.15) is 0 Å². The Bertz CT molecular complexity index is 502. The molecule has 0 amide bonds. The molecular formula is C20H30O2. The van der Waals surface area contributed by atoms with Crippen molar-refractivity contribution in [3.05, 3.63) is 36.5 Å². The van der Waals surface area contributed by atoms with Gasteiger partial charge in [0.25, 0.3) is 0 Å². The van der Waals surface area contributed by atoms with Gasteiger partial charge < -0.3 is 5.11 Å². The Morgan fingerprint density at radius 2 is 2.14 bits per heavy atom. The second-order valence-corrected chi connectivity index (χ2v) is 7.61. The lowest BCUT2D eigenvalue weighted by Crippen LogP contribution is -2.50. The van der Waals surface area contributed by atoms with E-state index in [1.54, 1.807) is 0 Å². The van der Waals surface area contributed by atoms with Crippen molar-refractivity contribution in [1.29, 1.82) is 0 Å². The largest absolute Gasteiger partial charge is 0.481 e. The summed E-state index contributed by atoms with van der Waals surface area (Å²) < 4.78 is 0. The van der Waals surface area contributed by atoms with Crippen LogP contribution in [0.5, 0.6) is 0 Å². The molecule has 0 aromatic carbocycles. The number of carboxylic acid groups (broad SMARTS) is 1. The lowest BCUT2D eigenvalue weighted by atomic mass is 9.51. The summed E-state index contributed by atoms with van der Waals surface area (Å²) in [6.45, 7) is 14.5. The van der Waals surface area contributed by atoms with Gasteiger partial charge in [0.2, 0.25) is 0 Å². The van der Waals surface area contributed by atoms with Gasteiger partial charge in [-0.25, -0.2) is 0 Å². The highest BCUT2D eigenvalue weighted by atomic mass is 16.4. The molecule has 0 heterocycles. The minimum absolute atomic E-state index is 0.279. The van der Waals surface area contributed by atoms with Gasteiger partial charge in [0.05, 0.1) is 5.41 Å². The molecule has 2 fully saturated rings. The van der Waals surface area contributed by atoms with Crippen LogP contribution in [-0.2, 0) is 4.79 Å². The van der Waals surface area contributed by atoms with Crippen LogP contribution in [0.4, 0.5) is 0 Å². The molecule has 0 spiro atoms. The quantitative estimate of drug-likeness (QED) is 0.570. The van der Waals surface area contributed by atoms with Crippen LogP contribution in [0.1, 0.15) is 52.9 Å². The molecule has 0 saturated heterocycles. The topological polar surface area (TPSA) is 37.3 Å². The number of allylic oxidation sites excluding steroid dienone is 4. The molecule has 5 atom stereocenters. The van der Waals surface area contributed by atoms with E-state index < -0.39 is 11.4 Å². The van der Waals surface area contributed by atoms with E-state index in [4.69, 9.17) is 0 Å². The fourth-order valence-electron chi connectivity index (χ4n) is 4.70. The molecule has 2 saturated carbocycles. The van der Waals surface area contributed by atoms with Crippen LogP contribution in [-0.4, -0.2) is 11.1 Å². The van der Waals surface area contributed by atoms with E-state index in [-0.39, 0.29) is 5.92 Å². The third-order valence-corrected chi connectivity index (χ3v) is 6.33. The molecule has 2 rings (SSSR count). The van der Waals surface area contributed by atoms with E-state index in [2.05, 4.69) is 33.1 Å². The van der Waals surface area contributed by atoms with Crippen molar-refractivity contribution in [2.75, 3.05) is 0 Å². The zero-order chi connectivity index (χ0) is 16.5. The third kappa shape index (κ3) is 2.93. The number of rotatable bonds is 4. The average Bonchev–Trinajstić information content (AvgIpc) is 2.49. The zero-order valence-electron chi connectivity index (χ0n) is 14.3. The smallest absolute Gasteiger partial charge is 0.309 e. The van der Waals surface area contributed by atoms with Crippen LogP contribution >= 0.6 is 0 Å². The SMILES string of the molecule is C=C/C(C)=C/CC1C(=C)CCC2C1[C@@H](C)CCC2(C)C(=O)O. The summed E-state index contributed by atoms with van der Waals surface area (Å²) in [4.78, 5) is 11.9. The highest BCUT2D eigenvalue weighted by Crippen LogP contribution is 2.56. The number of carbonyl (C=O) groups is 1. The van der Waals surface area contributed by atoms with Crippen LogP contribution in [0.3, 0.4) is 0 Å². The van der Waals surface area contributed by atoms with Crippen molar-refractivity contribution in [3.63, 3.8) is 0 Å². The van der Waals surface area contributed by atoms with Crippen molar-refractivity contribution in [2.24, 2.45) is 29.1 Å². The summed E-state index contributed by atoms with van der Waals surface area (Å²) in [6, 6.07) is 0. The van der Waals surface area contributed by atoms with E-state index in [1.165, 1.54) is 11.1 Å². The predicted octanol–water partition coefficient (Wildman–Crippen LogP) is 5.23. The van der Waals surface area contributed by atoms with Crippen LogP contribution in [0.2, 0.25) is 0 Å². The number of hydrogen-bond donors (Lipinski definition) is 1. The first kappa shape index (κ1) is 17.1. The molecule has 2 aliphatic rings. The molecule has 122 valence electrons. The van der Waals surface area contributed by atoms with Crippen molar-refractivity contribution in [1.82, 2.24) is 0 Å². The first-order valence-electron chi connectivity index (χ1n) is 8.51.